The predicted octanol–water partition coefficient (Wildman–Crippen LogP) is 2.57. The lowest BCUT2D eigenvalue weighted by molar-refractivity contribution is -0.118. The summed E-state index contributed by atoms with van der Waals surface area (Å²) in [4.78, 5) is 12.0. The number of fused-ring (bicyclic) bond motifs is 1. The van der Waals surface area contributed by atoms with Crippen molar-refractivity contribution in [2.24, 2.45) is 5.73 Å². The molecule has 0 aliphatic heterocycles. The molecule has 0 spiro atoms. The molecular weight excluding hydrogens is 234 g/mol. The van der Waals surface area contributed by atoms with E-state index in [1.165, 1.54) is 0 Å². The predicted molar refractivity (Wildman–Crippen MR) is 76.6 cm³/mol. The molecule has 0 saturated carbocycles. The second-order valence-electron chi connectivity index (χ2n) is 4.77. The molecule has 2 heteroatoms. The van der Waals surface area contributed by atoms with E-state index in [1.54, 1.807) is 0 Å². The first kappa shape index (κ1) is 11.9. The van der Waals surface area contributed by atoms with Crippen molar-refractivity contribution in [3.8, 4) is 0 Å². The summed E-state index contributed by atoms with van der Waals surface area (Å²) in [5.74, 6) is 0.0679. The zero-order chi connectivity index (χ0) is 13.2. The van der Waals surface area contributed by atoms with Crippen LogP contribution in [0.25, 0.3) is 5.57 Å². The van der Waals surface area contributed by atoms with Crippen molar-refractivity contribution in [2.75, 3.05) is 0 Å². The van der Waals surface area contributed by atoms with Crippen molar-refractivity contribution < 1.29 is 4.79 Å². The molecule has 0 radical (unpaired) electrons. The van der Waals surface area contributed by atoms with E-state index in [2.05, 4.69) is 6.07 Å². The monoisotopic (exact) mass is 249 g/mol. The Morgan fingerprint density at radius 2 is 1.63 bits per heavy atom. The molecule has 0 aromatic heterocycles. The van der Waals surface area contributed by atoms with E-state index in [-0.39, 0.29) is 5.78 Å². The lowest BCUT2D eigenvalue weighted by Gasteiger charge is -2.10. The molecule has 1 atom stereocenters. The van der Waals surface area contributed by atoms with E-state index in [4.69, 9.17) is 5.73 Å². The van der Waals surface area contributed by atoms with Crippen LogP contribution in [0, 0.1) is 0 Å². The van der Waals surface area contributed by atoms with Gasteiger partial charge in [-0.1, -0.05) is 60.7 Å². The minimum Gasteiger partial charge on any atom is -0.318 e. The molecule has 0 amide bonds. The first-order chi connectivity index (χ1) is 9.25. The fourth-order valence-corrected chi connectivity index (χ4v) is 2.47. The van der Waals surface area contributed by atoms with Gasteiger partial charge in [-0.05, 0) is 22.3 Å². The molecule has 0 unspecified atom stereocenters. The molecule has 0 heterocycles. The van der Waals surface area contributed by atoms with Crippen LogP contribution in [0.1, 0.15) is 16.7 Å². The molecule has 1 aliphatic rings. The number of ketones is 1. The Hall–Kier alpha value is -2.19. The van der Waals surface area contributed by atoms with Gasteiger partial charge in [-0.2, -0.15) is 0 Å². The molecule has 1 aliphatic carbocycles. The van der Waals surface area contributed by atoms with Crippen molar-refractivity contribution in [2.45, 2.75) is 12.5 Å². The van der Waals surface area contributed by atoms with Gasteiger partial charge in [-0.15, -0.1) is 0 Å². The van der Waals surface area contributed by atoms with Crippen LogP contribution in [-0.4, -0.2) is 11.8 Å². The third-order valence-electron chi connectivity index (χ3n) is 3.48. The number of carbonyl (C=O) groups is 1. The van der Waals surface area contributed by atoms with Gasteiger partial charge >= 0.3 is 0 Å². The molecule has 0 bridgehead atoms. The van der Waals surface area contributed by atoms with E-state index < -0.39 is 6.04 Å². The SMILES string of the molecule is N[C@H]1C=C(c2ccccc2)c2ccccc2CC1=O. The van der Waals surface area contributed by atoms with E-state index in [0.29, 0.717) is 6.42 Å². The lowest BCUT2D eigenvalue weighted by Crippen LogP contribution is -2.28. The Morgan fingerprint density at radius 3 is 2.42 bits per heavy atom. The molecule has 0 fully saturated rings. The molecule has 0 saturated heterocycles. The Kier molecular flexibility index (Phi) is 3.02. The smallest absolute Gasteiger partial charge is 0.157 e. The number of nitrogens with two attached hydrogens (primary N) is 1. The zero-order valence-corrected chi connectivity index (χ0v) is 10.5. The van der Waals surface area contributed by atoms with Gasteiger partial charge in [0.05, 0.1) is 6.04 Å². The van der Waals surface area contributed by atoms with Crippen LogP contribution < -0.4 is 5.73 Å². The second kappa shape index (κ2) is 4.82. The molecule has 2 aromatic carbocycles. The molecule has 19 heavy (non-hydrogen) atoms. The highest BCUT2D eigenvalue weighted by Gasteiger charge is 2.21. The highest BCUT2D eigenvalue weighted by molar-refractivity contribution is 5.95. The Bertz CT molecular complexity index is 643. The topological polar surface area (TPSA) is 43.1 Å². The molecular formula is C17H15NO. The van der Waals surface area contributed by atoms with Crippen LogP contribution in [0.4, 0.5) is 0 Å². The van der Waals surface area contributed by atoms with Crippen molar-refractivity contribution >= 4 is 11.4 Å². The van der Waals surface area contributed by atoms with Crippen LogP contribution in [0.3, 0.4) is 0 Å². The molecule has 2 nitrogen and oxygen atoms in total. The summed E-state index contributed by atoms with van der Waals surface area (Å²) in [6.07, 6.45) is 2.29. The van der Waals surface area contributed by atoms with Gasteiger partial charge in [0.1, 0.15) is 0 Å². The van der Waals surface area contributed by atoms with Crippen LogP contribution in [0.2, 0.25) is 0 Å². The summed E-state index contributed by atoms with van der Waals surface area (Å²) in [5.41, 5.74) is 10.3. The van der Waals surface area contributed by atoms with Crippen LogP contribution >= 0.6 is 0 Å². The quantitative estimate of drug-likeness (QED) is 0.844. The average molecular weight is 249 g/mol. The highest BCUT2D eigenvalue weighted by Crippen LogP contribution is 2.29. The van der Waals surface area contributed by atoms with Crippen LogP contribution in [0.15, 0.2) is 60.7 Å². The first-order valence-corrected chi connectivity index (χ1v) is 6.39. The van der Waals surface area contributed by atoms with Crippen molar-refractivity contribution in [3.05, 3.63) is 77.4 Å². The van der Waals surface area contributed by atoms with E-state index in [1.807, 2.05) is 54.6 Å². The second-order valence-corrected chi connectivity index (χ2v) is 4.77. The van der Waals surface area contributed by atoms with Gasteiger partial charge in [0.25, 0.3) is 0 Å². The summed E-state index contributed by atoms with van der Waals surface area (Å²) in [6, 6.07) is 17.6. The van der Waals surface area contributed by atoms with Crippen molar-refractivity contribution in [3.63, 3.8) is 0 Å². The van der Waals surface area contributed by atoms with Crippen LogP contribution in [0.5, 0.6) is 0 Å². The molecule has 2 aromatic rings. The summed E-state index contributed by atoms with van der Waals surface area (Å²) in [5, 5.41) is 0. The number of Topliss-reactive ketones (excluding diaryl/α,β-unsaturated/α-hetero) is 1. The fraction of sp³-hybridized carbons (Fsp3) is 0.118. The van der Waals surface area contributed by atoms with Gasteiger partial charge in [0, 0.05) is 6.42 Å². The van der Waals surface area contributed by atoms with Gasteiger partial charge in [0.15, 0.2) is 5.78 Å². The first-order valence-electron chi connectivity index (χ1n) is 6.39. The number of hydrogen-bond acceptors (Lipinski definition) is 2. The van der Waals surface area contributed by atoms with Gasteiger partial charge in [-0.3, -0.25) is 4.79 Å². The van der Waals surface area contributed by atoms with Crippen LogP contribution in [-0.2, 0) is 11.2 Å². The summed E-state index contributed by atoms with van der Waals surface area (Å²) < 4.78 is 0. The standard InChI is InChI=1S/C17H15NO/c18-16-11-15(12-6-2-1-3-7-12)14-9-5-4-8-13(14)10-17(16)19/h1-9,11,16H,10,18H2/t16-/m0/s1. The number of carbonyl (C=O) groups excluding carboxylic acids is 1. The summed E-state index contributed by atoms with van der Waals surface area (Å²) in [6.45, 7) is 0. The zero-order valence-electron chi connectivity index (χ0n) is 10.5. The van der Waals surface area contributed by atoms with Gasteiger partial charge in [0.2, 0.25) is 0 Å². The average Bonchev–Trinajstić information content (AvgIpc) is 2.58. The Balaban J connectivity index is 2.21. The molecule has 3 rings (SSSR count). The minimum atomic E-state index is -0.525. The highest BCUT2D eigenvalue weighted by atomic mass is 16.1. The maximum absolute atomic E-state index is 12.0. The molecule has 94 valence electrons. The maximum atomic E-state index is 12.0. The number of benzene rings is 2. The third-order valence-corrected chi connectivity index (χ3v) is 3.48. The van der Waals surface area contributed by atoms with Crippen molar-refractivity contribution in [1.29, 1.82) is 0 Å². The Labute approximate surface area is 112 Å². The maximum Gasteiger partial charge on any atom is 0.157 e. The number of rotatable bonds is 1. The summed E-state index contributed by atoms with van der Waals surface area (Å²) >= 11 is 0. The number of hydrogen-bond donors (Lipinski definition) is 1. The van der Waals surface area contributed by atoms with Gasteiger partial charge in [-0.25, -0.2) is 0 Å². The van der Waals surface area contributed by atoms with E-state index in [9.17, 15) is 4.79 Å². The van der Waals surface area contributed by atoms with E-state index in [0.717, 1.165) is 22.3 Å². The minimum absolute atomic E-state index is 0.0679. The van der Waals surface area contributed by atoms with E-state index >= 15 is 0 Å². The molecule has 2 N–H and O–H groups in total. The van der Waals surface area contributed by atoms with Gasteiger partial charge < -0.3 is 5.73 Å². The fourth-order valence-electron chi connectivity index (χ4n) is 2.47. The summed E-state index contributed by atoms with van der Waals surface area (Å²) in [7, 11) is 0. The lowest BCUT2D eigenvalue weighted by atomic mass is 9.94. The normalized spacial score (nSPS) is 18.5. The largest absolute Gasteiger partial charge is 0.318 e. The van der Waals surface area contributed by atoms with Crippen molar-refractivity contribution in [1.82, 2.24) is 0 Å². The Morgan fingerprint density at radius 1 is 0.947 bits per heavy atom. The third kappa shape index (κ3) is 2.23.